The first kappa shape index (κ1) is 12.0. The molecule has 0 spiro atoms. The molecule has 2 nitrogen and oxygen atoms in total. The van der Waals surface area contributed by atoms with Gasteiger partial charge < -0.3 is 5.32 Å². The predicted molar refractivity (Wildman–Crippen MR) is 75.9 cm³/mol. The second kappa shape index (κ2) is 5.27. The van der Waals surface area contributed by atoms with Gasteiger partial charge in [-0.25, -0.2) is 0 Å². The standard InChI is InChI=1S/C17H17NO/c19-17(18-15-11-12-15)16(13-7-3-1-4-8-13)14-9-5-2-6-10-14/h1-10,15-16H,11-12H2,(H,18,19). The highest BCUT2D eigenvalue weighted by molar-refractivity contribution is 5.87. The number of benzene rings is 2. The van der Waals surface area contributed by atoms with Crippen molar-refractivity contribution in [2.75, 3.05) is 0 Å². The molecular formula is C17H17NO. The highest BCUT2D eigenvalue weighted by Gasteiger charge is 2.29. The van der Waals surface area contributed by atoms with Crippen LogP contribution in [0.4, 0.5) is 0 Å². The third kappa shape index (κ3) is 2.84. The molecule has 1 N–H and O–H groups in total. The molecule has 2 aromatic carbocycles. The fraction of sp³-hybridized carbons (Fsp3) is 0.235. The Kier molecular flexibility index (Phi) is 3.32. The molecule has 3 rings (SSSR count). The zero-order valence-corrected chi connectivity index (χ0v) is 10.8. The predicted octanol–water partition coefficient (Wildman–Crippen LogP) is 3.10. The number of rotatable bonds is 4. The molecule has 1 saturated carbocycles. The van der Waals surface area contributed by atoms with Gasteiger partial charge in [0.25, 0.3) is 0 Å². The SMILES string of the molecule is O=C(NC1CC1)C(c1ccccc1)c1ccccc1. The number of carbonyl (C=O) groups is 1. The molecule has 2 aromatic rings. The molecule has 1 aliphatic rings. The Morgan fingerprint density at radius 3 is 1.79 bits per heavy atom. The Morgan fingerprint density at radius 1 is 0.895 bits per heavy atom. The summed E-state index contributed by atoms with van der Waals surface area (Å²) in [5.41, 5.74) is 2.10. The molecule has 0 saturated heterocycles. The topological polar surface area (TPSA) is 29.1 Å². The van der Waals surface area contributed by atoms with Crippen LogP contribution < -0.4 is 5.32 Å². The van der Waals surface area contributed by atoms with Crippen LogP contribution in [0.2, 0.25) is 0 Å². The van der Waals surface area contributed by atoms with Crippen molar-refractivity contribution in [1.82, 2.24) is 5.32 Å². The summed E-state index contributed by atoms with van der Waals surface area (Å²) >= 11 is 0. The maximum Gasteiger partial charge on any atom is 0.232 e. The van der Waals surface area contributed by atoms with E-state index in [1.165, 1.54) is 0 Å². The molecule has 0 atom stereocenters. The van der Waals surface area contributed by atoms with Gasteiger partial charge in [-0.2, -0.15) is 0 Å². The van der Waals surface area contributed by atoms with Crippen LogP contribution in [-0.4, -0.2) is 11.9 Å². The molecule has 0 bridgehead atoms. The van der Waals surface area contributed by atoms with Gasteiger partial charge in [0.2, 0.25) is 5.91 Å². The fourth-order valence-corrected chi connectivity index (χ4v) is 2.30. The minimum absolute atomic E-state index is 0.111. The highest BCUT2D eigenvalue weighted by Crippen LogP contribution is 2.27. The molecule has 0 radical (unpaired) electrons. The lowest BCUT2D eigenvalue weighted by molar-refractivity contribution is -0.121. The first-order valence-corrected chi connectivity index (χ1v) is 6.75. The van der Waals surface area contributed by atoms with Crippen molar-refractivity contribution in [3.05, 3.63) is 71.8 Å². The van der Waals surface area contributed by atoms with Crippen LogP contribution in [0.15, 0.2) is 60.7 Å². The van der Waals surface area contributed by atoms with E-state index >= 15 is 0 Å². The van der Waals surface area contributed by atoms with Crippen molar-refractivity contribution in [2.45, 2.75) is 24.8 Å². The van der Waals surface area contributed by atoms with E-state index in [1.807, 2.05) is 60.7 Å². The minimum Gasteiger partial charge on any atom is -0.353 e. The first-order chi connectivity index (χ1) is 9.34. The number of hydrogen-bond donors (Lipinski definition) is 1. The zero-order chi connectivity index (χ0) is 13.1. The van der Waals surface area contributed by atoms with Gasteiger partial charge in [0.05, 0.1) is 5.92 Å². The van der Waals surface area contributed by atoms with E-state index in [0.29, 0.717) is 6.04 Å². The van der Waals surface area contributed by atoms with Gasteiger partial charge in [0.1, 0.15) is 0 Å². The Bertz CT molecular complexity index is 506. The molecule has 0 aliphatic heterocycles. The van der Waals surface area contributed by atoms with Crippen LogP contribution in [0.5, 0.6) is 0 Å². The third-order valence-corrected chi connectivity index (χ3v) is 3.45. The number of nitrogens with one attached hydrogen (secondary N) is 1. The molecule has 2 heteroatoms. The quantitative estimate of drug-likeness (QED) is 0.889. The maximum absolute atomic E-state index is 12.5. The van der Waals surface area contributed by atoms with E-state index in [9.17, 15) is 4.79 Å². The summed E-state index contributed by atoms with van der Waals surface area (Å²) in [4.78, 5) is 12.5. The zero-order valence-electron chi connectivity index (χ0n) is 10.8. The minimum atomic E-state index is -0.206. The molecule has 0 heterocycles. The molecule has 0 aromatic heterocycles. The van der Waals surface area contributed by atoms with Crippen molar-refractivity contribution in [3.63, 3.8) is 0 Å². The van der Waals surface area contributed by atoms with Crippen LogP contribution in [0.3, 0.4) is 0 Å². The Morgan fingerprint density at radius 2 is 1.37 bits per heavy atom. The monoisotopic (exact) mass is 251 g/mol. The van der Waals surface area contributed by atoms with Crippen LogP contribution in [-0.2, 0) is 4.79 Å². The van der Waals surface area contributed by atoms with E-state index in [0.717, 1.165) is 24.0 Å². The van der Waals surface area contributed by atoms with Gasteiger partial charge in [-0.3, -0.25) is 4.79 Å². The summed E-state index contributed by atoms with van der Waals surface area (Å²) in [6.07, 6.45) is 2.23. The smallest absolute Gasteiger partial charge is 0.232 e. The van der Waals surface area contributed by atoms with Gasteiger partial charge >= 0.3 is 0 Å². The van der Waals surface area contributed by atoms with Crippen LogP contribution in [0.1, 0.15) is 29.9 Å². The maximum atomic E-state index is 12.5. The van der Waals surface area contributed by atoms with E-state index in [1.54, 1.807) is 0 Å². The molecular weight excluding hydrogens is 234 g/mol. The van der Waals surface area contributed by atoms with Crippen molar-refractivity contribution in [2.24, 2.45) is 0 Å². The summed E-state index contributed by atoms with van der Waals surface area (Å²) in [5.74, 6) is -0.0945. The number of amides is 1. The van der Waals surface area contributed by atoms with E-state index in [4.69, 9.17) is 0 Å². The van der Waals surface area contributed by atoms with Crippen molar-refractivity contribution in [3.8, 4) is 0 Å². The van der Waals surface area contributed by atoms with E-state index in [-0.39, 0.29) is 11.8 Å². The second-order valence-electron chi connectivity index (χ2n) is 5.04. The van der Waals surface area contributed by atoms with Crippen LogP contribution >= 0.6 is 0 Å². The van der Waals surface area contributed by atoms with Gasteiger partial charge in [0, 0.05) is 6.04 Å². The van der Waals surface area contributed by atoms with Crippen molar-refractivity contribution in [1.29, 1.82) is 0 Å². The average molecular weight is 251 g/mol. The second-order valence-corrected chi connectivity index (χ2v) is 5.04. The lowest BCUT2D eigenvalue weighted by atomic mass is 9.90. The van der Waals surface area contributed by atoms with E-state index in [2.05, 4.69) is 5.32 Å². The lowest BCUT2D eigenvalue weighted by Gasteiger charge is -2.17. The first-order valence-electron chi connectivity index (χ1n) is 6.75. The summed E-state index contributed by atoms with van der Waals surface area (Å²) in [7, 11) is 0. The van der Waals surface area contributed by atoms with Crippen LogP contribution in [0, 0.1) is 0 Å². The van der Waals surface area contributed by atoms with Gasteiger partial charge in [-0.1, -0.05) is 60.7 Å². The average Bonchev–Trinajstić information content (AvgIpc) is 3.25. The summed E-state index contributed by atoms with van der Waals surface area (Å²) in [5, 5.41) is 3.11. The Balaban J connectivity index is 1.93. The molecule has 1 fully saturated rings. The Labute approximate surface area is 113 Å². The highest BCUT2D eigenvalue weighted by atomic mass is 16.2. The molecule has 19 heavy (non-hydrogen) atoms. The third-order valence-electron chi connectivity index (χ3n) is 3.45. The normalized spacial score (nSPS) is 14.4. The van der Waals surface area contributed by atoms with Gasteiger partial charge in [-0.05, 0) is 24.0 Å². The molecule has 1 aliphatic carbocycles. The number of hydrogen-bond acceptors (Lipinski definition) is 1. The Hall–Kier alpha value is -2.09. The summed E-state index contributed by atoms with van der Waals surface area (Å²) < 4.78 is 0. The fourth-order valence-electron chi connectivity index (χ4n) is 2.30. The molecule has 0 unspecified atom stereocenters. The summed E-state index contributed by atoms with van der Waals surface area (Å²) in [6, 6.07) is 20.3. The summed E-state index contributed by atoms with van der Waals surface area (Å²) in [6.45, 7) is 0. The van der Waals surface area contributed by atoms with Gasteiger partial charge in [0.15, 0.2) is 0 Å². The van der Waals surface area contributed by atoms with Crippen molar-refractivity contribution < 1.29 is 4.79 Å². The van der Waals surface area contributed by atoms with E-state index < -0.39 is 0 Å². The number of carbonyl (C=O) groups excluding carboxylic acids is 1. The molecule has 1 amide bonds. The largest absolute Gasteiger partial charge is 0.353 e. The van der Waals surface area contributed by atoms with Crippen molar-refractivity contribution >= 4 is 5.91 Å². The van der Waals surface area contributed by atoms with Crippen LogP contribution in [0.25, 0.3) is 0 Å². The lowest BCUT2D eigenvalue weighted by Crippen LogP contribution is -2.31. The van der Waals surface area contributed by atoms with Gasteiger partial charge in [-0.15, -0.1) is 0 Å². The molecule has 96 valence electrons.